The number of carbonyl (C=O) groups is 2. The second-order valence-corrected chi connectivity index (χ2v) is 6.77. The number of carboxylic acid groups (broad SMARTS) is 2. The van der Waals surface area contributed by atoms with Gasteiger partial charge in [0.2, 0.25) is 10.0 Å². The predicted octanol–water partition coefficient (Wildman–Crippen LogP) is 0.392. The van der Waals surface area contributed by atoms with E-state index in [4.69, 9.17) is 5.73 Å². The van der Waals surface area contributed by atoms with Gasteiger partial charge in [-0.1, -0.05) is 18.2 Å². The highest BCUT2D eigenvalue weighted by atomic mass is 32.2. The number of aromatic nitrogens is 1. The molecule has 1 aromatic carbocycles. The molecule has 25 heavy (non-hydrogen) atoms. The Kier molecular flexibility index (Phi) is 4.52. The minimum atomic E-state index is -3.76. The number of hydrogen-bond acceptors (Lipinski definition) is 6. The van der Waals surface area contributed by atoms with E-state index in [0.29, 0.717) is 0 Å². The molecule has 2 rings (SSSR count). The van der Waals surface area contributed by atoms with Crippen molar-refractivity contribution < 1.29 is 28.2 Å². The zero-order chi connectivity index (χ0) is 18.9. The molecule has 6 N–H and O–H groups in total. The van der Waals surface area contributed by atoms with Crippen LogP contribution in [0.4, 0.5) is 11.5 Å². The molecule has 0 aliphatic rings. The van der Waals surface area contributed by atoms with Gasteiger partial charge in [-0.05, 0) is 6.07 Å². The van der Waals surface area contributed by atoms with Gasteiger partial charge in [0, 0.05) is 11.1 Å². The normalized spacial score (nSPS) is 11.1. The standard InChI is InChI=1S/C14H13N3O7S/c1-25(23,24)17-7-5-3-2-4-6(7)8-9(13(19)20)11(15)16-12(18)10(8)14(21)22/h2-5,17H,1H3,(H,19,20)(H,21,22)(H3,15,16,18). The average molecular weight is 367 g/mol. The van der Waals surface area contributed by atoms with Crippen molar-refractivity contribution in [1.82, 2.24) is 4.98 Å². The molecule has 10 nitrogen and oxygen atoms in total. The Morgan fingerprint density at radius 1 is 1.12 bits per heavy atom. The first kappa shape index (κ1) is 18.0. The molecule has 0 bridgehead atoms. The number of nitrogens with one attached hydrogen (secondary N) is 2. The van der Waals surface area contributed by atoms with Gasteiger partial charge in [0.05, 0.1) is 11.9 Å². The summed E-state index contributed by atoms with van der Waals surface area (Å²) in [5.74, 6) is -3.82. The number of pyridine rings is 1. The fourth-order valence-corrected chi connectivity index (χ4v) is 2.88. The van der Waals surface area contributed by atoms with Crippen molar-refractivity contribution in [2.24, 2.45) is 0 Å². The number of aromatic amines is 1. The van der Waals surface area contributed by atoms with Crippen molar-refractivity contribution in [3.8, 4) is 11.1 Å². The molecule has 0 radical (unpaired) electrons. The van der Waals surface area contributed by atoms with Gasteiger partial charge in [0.1, 0.15) is 16.9 Å². The largest absolute Gasteiger partial charge is 0.478 e. The lowest BCUT2D eigenvalue weighted by molar-refractivity contribution is 0.0695. The van der Waals surface area contributed by atoms with Gasteiger partial charge in [-0.3, -0.25) is 9.52 Å². The van der Waals surface area contributed by atoms with Gasteiger partial charge in [-0.2, -0.15) is 0 Å². The minimum Gasteiger partial charge on any atom is -0.478 e. The highest BCUT2D eigenvalue weighted by Crippen LogP contribution is 2.34. The first-order valence-corrected chi connectivity index (χ1v) is 8.51. The van der Waals surface area contributed by atoms with E-state index in [1.54, 1.807) is 0 Å². The number of benzene rings is 1. The summed E-state index contributed by atoms with van der Waals surface area (Å²) in [5, 5.41) is 18.7. The SMILES string of the molecule is CS(=O)(=O)Nc1ccccc1-c1c(C(=O)O)c(N)[nH]c(=O)c1C(=O)O. The highest BCUT2D eigenvalue weighted by molar-refractivity contribution is 7.92. The zero-order valence-corrected chi connectivity index (χ0v) is 13.5. The lowest BCUT2D eigenvalue weighted by atomic mass is 9.94. The van der Waals surface area contributed by atoms with Crippen LogP contribution in [0.5, 0.6) is 0 Å². The van der Waals surface area contributed by atoms with Crippen molar-refractivity contribution in [2.75, 3.05) is 16.7 Å². The molecule has 11 heteroatoms. The molecule has 2 aromatic rings. The first-order valence-electron chi connectivity index (χ1n) is 6.62. The Balaban J connectivity index is 3.00. The first-order chi connectivity index (χ1) is 11.5. The predicted molar refractivity (Wildman–Crippen MR) is 89.3 cm³/mol. The lowest BCUT2D eigenvalue weighted by Crippen LogP contribution is -2.24. The number of H-pyrrole nitrogens is 1. The van der Waals surface area contributed by atoms with Gasteiger partial charge in [0.25, 0.3) is 5.56 Å². The smallest absolute Gasteiger partial charge is 0.342 e. The van der Waals surface area contributed by atoms with Gasteiger partial charge in [-0.25, -0.2) is 18.0 Å². The molecular weight excluding hydrogens is 354 g/mol. The molecule has 0 aliphatic heterocycles. The van der Waals surface area contributed by atoms with E-state index in [1.807, 2.05) is 4.98 Å². The number of aromatic carboxylic acids is 2. The fraction of sp³-hybridized carbons (Fsp3) is 0.0714. The van der Waals surface area contributed by atoms with Crippen LogP contribution < -0.4 is 16.0 Å². The summed E-state index contributed by atoms with van der Waals surface area (Å²) < 4.78 is 25.2. The average Bonchev–Trinajstić information content (AvgIpc) is 2.44. The second-order valence-electron chi connectivity index (χ2n) is 5.02. The molecule has 0 fully saturated rings. The monoisotopic (exact) mass is 367 g/mol. The molecule has 0 atom stereocenters. The lowest BCUT2D eigenvalue weighted by Gasteiger charge is -2.15. The molecule has 0 saturated heterocycles. The zero-order valence-electron chi connectivity index (χ0n) is 12.7. The minimum absolute atomic E-state index is 0.0972. The van der Waals surface area contributed by atoms with Gasteiger partial charge >= 0.3 is 11.9 Å². The van der Waals surface area contributed by atoms with Crippen LogP contribution in [0.3, 0.4) is 0 Å². The number of anilines is 2. The van der Waals surface area contributed by atoms with E-state index in [9.17, 15) is 33.0 Å². The maximum Gasteiger partial charge on any atom is 0.342 e. The van der Waals surface area contributed by atoms with E-state index >= 15 is 0 Å². The molecule has 0 amide bonds. The van der Waals surface area contributed by atoms with Crippen LogP contribution >= 0.6 is 0 Å². The summed E-state index contributed by atoms with van der Waals surface area (Å²) in [6, 6.07) is 5.46. The van der Waals surface area contributed by atoms with Gasteiger partial charge in [-0.15, -0.1) is 0 Å². The third-order valence-corrected chi connectivity index (χ3v) is 3.75. The van der Waals surface area contributed by atoms with E-state index < -0.39 is 50.0 Å². The van der Waals surface area contributed by atoms with Gasteiger partial charge in [0.15, 0.2) is 0 Å². The Hall–Kier alpha value is -3.34. The van der Waals surface area contributed by atoms with Crippen molar-refractivity contribution in [1.29, 1.82) is 0 Å². The number of sulfonamides is 1. The van der Waals surface area contributed by atoms with E-state index in [-0.39, 0.29) is 11.3 Å². The summed E-state index contributed by atoms with van der Waals surface area (Å²) in [6.45, 7) is 0. The van der Waals surface area contributed by atoms with Gasteiger partial charge < -0.3 is 20.9 Å². The summed E-state index contributed by atoms with van der Waals surface area (Å²) in [4.78, 5) is 37.0. The molecule has 1 heterocycles. The maximum atomic E-state index is 12.0. The summed E-state index contributed by atoms with van der Waals surface area (Å²) in [6.07, 6.45) is 0.867. The third-order valence-electron chi connectivity index (χ3n) is 3.16. The van der Waals surface area contributed by atoms with Crippen LogP contribution in [0.2, 0.25) is 0 Å². The van der Waals surface area contributed by atoms with Crippen molar-refractivity contribution in [3.05, 3.63) is 45.7 Å². The Morgan fingerprint density at radius 3 is 2.20 bits per heavy atom. The van der Waals surface area contributed by atoms with E-state index in [1.165, 1.54) is 24.3 Å². The molecular formula is C14H13N3O7S. The fourth-order valence-electron chi connectivity index (χ4n) is 2.31. The number of rotatable bonds is 5. The van der Waals surface area contributed by atoms with Crippen molar-refractivity contribution in [2.45, 2.75) is 0 Å². The number of nitrogens with two attached hydrogens (primary N) is 1. The molecule has 0 saturated carbocycles. The number of hydrogen-bond donors (Lipinski definition) is 5. The van der Waals surface area contributed by atoms with Crippen molar-refractivity contribution in [3.63, 3.8) is 0 Å². The second kappa shape index (κ2) is 6.28. The number of nitrogen functional groups attached to an aromatic ring is 1. The topological polar surface area (TPSA) is 180 Å². The quantitative estimate of drug-likeness (QED) is 0.503. The number of para-hydroxylation sites is 1. The molecule has 0 unspecified atom stereocenters. The summed E-state index contributed by atoms with van der Waals surface area (Å²) in [7, 11) is -3.76. The summed E-state index contributed by atoms with van der Waals surface area (Å²) >= 11 is 0. The van der Waals surface area contributed by atoms with Crippen LogP contribution in [0.25, 0.3) is 11.1 Å². The van der Waals surface area contributed by atoms with Crippen LogP contribution in [-0.2, 0) is 10.0 Å². The molecule has 0 aliphatic carbocycles. The summed E-state index contributed by atoms with van der Waals surface area (Å²) in [5.41, 5.74) is 2.21. The molecule has 1 aromatic heterocycles. The Morgan fingerprint density at radius 2 is 1.68 bits per heavy atom. The Labute approximate surface area is 141 Å². The third kappa shape index (κ3) is 3.61. The van der Waals surface area contributed by atoms with E-state index in [0.717, 1.165) is 6.26 Å². The maximum absolute atomic E-state index is 12.0. The van der Waals surface area contributed by atoms with Crippen LogP contribution in [0.15, 0.2) is 29.1 Å². The molecule has 132 valence electrons. The highest BCUT2D eigenvalue weighted by Gasteiger charge is 2.28. The Bertz CT molecular complexity index is 1040. The van der Waals surface area contributed by atoms with Crippen LogP contribution in [0.1, 0.15) is 20.7 Å². The van der Waals surface area contributed by atoms with Crippen LogP contribution in [-0.4, -0.2) is 41.8 Å². The molecule has 0 spiro atoms. The van der Waals surface area contributed by atoms with Crippen LogP contribution in [0, 0.1) is 0 Å². The van der Waals surface area contributed by atoms with E-state index in [2.05, 4.69) is 4.72 Å². The van der Waals surface area contributed by atoms with Crippen molar-refractivity contribution >= 4 is 33.5 Å². The number of carboxylic acids is 2.